The van der Waals surface area contributed by atoms with Crippen LogP contribution in [0, 0.1) is 11.6 Å². The first-order chi connectivity index (χ1) is 9.58. The first-order valence-corrected chi connectivity index (χ1v) is 5.72. The molecule has 2 aromatic carbocycles. The highest BCUT2D eigenvalue weighted by atomic mass is 19.1. The average Bonchev–Trinajstić information content (AvgIpc) is 2.82. The van der Waals surface area contributed by atoms with Crippen molar-refractivity contribution in [3.63, 3.8) is 0 Å². The van der Waals surface area contributed by atoms with Gasteiger partial charge in [0.15, 0.2) is 0 Å². The van der Waals surface area contributed by atoms with E-state index in [0.717, 1.165) is 12.1 Å². The molecule has 0 bridgehead atoms. The van der Waals surface area contributed by atoms with E-state index in [4.69, 9.17) is 0 Å². The average molecular weight is 274 g/mol. The normalized spacial score (nSPS) is 10.9. The van der Waals surface area contributed by atoms with Crippen molar-refractivity contribution in [3.05, 3.63) is 59.9 Å². The maximum Gasteiger partial charge on any atom is 0.337 e. The summed E-state index contributed by atoms with van der Waals surface area (Å²) in [4.78, 5) is 15.3. The Bertz CT molecular complexity index is 827. The number of para-hydroxylation sites is 1. The van der Waals surface area contributed by atoms with Gasteiger partial charge in [0.1, 0.15) is 18.0 Å². The van der Waals surface area contributed by atoms with E-state index in [1.165, 1.54) is 23.0 Å². The second kappa shape index (κ2) is 4.41. The van der Waals surface area contributed by atoms with Crippen LogP contribution in [0.2, 0.25) is 0 Å². The summed E-state index contributed by atoms with van der Waals surface area (Å²) in [5, 5.41) is 9.19. The Morgan fingerprint density at radius 3 is 2.70 bits per heavy atom. The zero-order valence-electron chi connectivity index (χ0n) is 10.0. The van der Waals surface area contributed by atoms with Crippen LogP contribution in [0.1, 0.15) is 10.4 Å². The Kier molecular flexibility index (Phi) is 2.71. The molecule has 6 heteroatoms. The van der Waals surface area contributed by atoms with Crippen LogP contribution in [0.15, 0.2) is 42.7 Å². The van der Waals surface area contributed by atoms with Gasteiger partial charge in [-0.3, -0.25) is 4.57 Å². The molecule has 1 aromatic heterocycles. The van der Waals surface area contributed by atoms with Crippen LogP contribution in [-0.2, 0) is 0 Å². The smallest absolute Gasteiger partial charge is 0.337 e. The molecule has 0 saturated heterocycles. The molecule has 4 nitrogen and oxygen atoms in total. The van der Waals surface area contributed by atoms with Crippen LogP contribution in [0.4, 0.5) is 8.78 Å². The predicted molar refractivity (Wildman–Crippen MR) is 67.9 cm³/mol. The number of aromatic carboxylic acids is 1. The quantitative estimate of drug-likeness (QED) is 0.781. The fourth-order valence-electron chi connectivity index (χ4n) is 2.10. The van der Waals surface area contributed by atoms with E-state index in [-0.39, 0.29) is 16.8 Å². The number of carboxylic acid groups (broad SMARTS) is 1. The number of hydrogen-bond donors (Lipinski definition) is 1. The third kappa shape index (κ3) is 1.82. The molecule has 0 amide bonds. The van der Waals surface area contributed by atoms with E-state index < -0.39 is 17.6 Å². The largest absolute Gasteiger partial charge is 0.478 e. The van der Waals surface area contributed by atoms with Gasteiger partial charge < -0.3 is 5.11 Å². The molecular formula is C14H8F2N2O2. The summed E-state index contributed by atoms with van der Waals surface area (Å²) >= 11 is 0. The third-order valence-electron chi connectivity index (χ3n) is 2.97. The Morgan fingerprint density at radius 2 is 2.00 bits per heavy atom. The molecule has 0 aliphatic heterocycles. The topological polar surface area (TPSA) is 55.1 Å². The lowest BCUT2D eigenvalue weighted by molar-refractivity contribution is 0.0698. The molecule has 1 heterocycles. The lowest BCUT2D eigenvalue weighted by atomic mass is 10.1. The summed E-state index contributed by atoms with van der Waals surface area (Å²) in [7, 11) is 0. The second-order valence-electron chi connectivity index (χ2n) is 4.19. The van der Waals surface area contributed by atoms with E-state index in [0.29, 0.717) is 5.52 Å². The van der Waals surface area contributed by atoms with Gasteiger partial charge in [-0.05, 0) is 24.3 Å². The van der Waals surface area contributed by atoms with Crippen molar-refractivity contribution in [2.45, 2.75) is 0 Å². The molecular weight excluding hydrogens is 266 g/mol. The molecule has 3 aromatic rings. The van der Waals surface area contributed by atoms with Crippen molar-refractivity contribution in [1.82, 2.24) is 9.55 Å². The summed E-state index contributed by atoms with van der Waals surface area (Å²) in [5.41, 5.74) is 0.741. The van der Waals surface area contributed by atoms with E-state index in [1.54, 1.807) is 12.1 Å². The number of halogens is 2. The number of rotatable bonds is 2. The van der Waals surface area contributed by atoms with Gasteiger partial charge in [0, 0.05) is 6.07 Å². The van der Waals surface area contributed by atoms with Gasteiger partial charge in [-0.25, -0.2) is 18.6 Å². The second-order valence-corrected chi connectivity index (χ2v) is 4.19. The molecule has 100 valence electrons. The Labute approximate surface area is 111 Å². The fourth-order valence-corrected chi connectivity index (χ4v) is 2.10. The number of fused-ring (bicyclic) bond motifs is 1. The summed E-state index contributed by atoms with van der Waals surface area (Å²) in [5.74, 6) is -2.63. The van der Waals surface area contributed by atoms with Crippen LogP contribution < -0.4 is 0 Å². The number of benzene rings is 2. The van der Waals surface area contributed by atoms with Crippen molar-refractivity contribution in [1.29, 1.82) is 0 Å². The molecule has 3 rings (SSSR count). The van der Waals surface area contributed by atoms with E-state index in [2.05, 4.69) is 4.98 Å². The van der Waals surface area contributed by atoms with Crippen molar-refractivity contribution in [2.24, 2.45) is 0 Å². The molecule has 0 saturated carbocycles. The zero-order valence-corrected chi connectivity index (χ0v) is 10.0. The number of hydrogen-bond acceptors (Lipinski definition) is 2. The zero-order chi connectivity index (χ0) is 14.3. The van der Waals surface area contributed by atoms with Crippen LogP contribution in [0.3, 0.4) is 0 Å². The van der Waals surface area contributed by atoms with Crippen molar-refractivity contribution >= 4 is 17.0 Å². The Morgan fingerprint density at radius 1 is 1.20 bits per heavy atom. The molecule has 0 aliphatic rings. The summed E-state index contributed by atoms with van der Waals surface area (Å²) in [6.45, 7) is 0. The number of carbonyl (C=O) groups is 1. The van der Waals surface area contributed by atoms with Gasteiger partial charge in [-0.2, -0.15) is 0 Å². The highest BCUT2D eigenvalue weighted by Gasteiger charge is 2.16. The minimum absolute atomic E-state index is 0.00345. The van der Waals surface area contributed by atoms with Gasteiger partial charge in [0.05, 0.1) is 22.3 Å². The first kappa shape index (κ1) is 12.3. The van der Waals surface area contributed by atoms with Crippen LogP contribution in [0.5, 0.6) is 0 Å². The van der Waals surface area contributed by atoms with Gasteiger partial charge >= 0.3 is 5.97 Å². The third-order valence-corrected chi connectivity index (χ3v) is 2.97. The predicted octanol–water partition coefficient (Wildman–Crippen LogP) is 3.00. The monoisotopic (exact) mass is 274 g/mol. The highest BCUT2D eigenvalue weighted by Crippen LogP contribution is 2.24. The SMILES string of the molecule is O=C(O)c1cccc2ncn(-c3ccc(F)cc3F)c12. The molecule has 1 N–H and O–H groups in total. The number of nitrogens with zero attached hydrogens (tertiary/aromatic N) is 2. The number of carboxylic acids is 1. The first-order valence-electron chi connectivity index (χ1n) is 5.72. The minimum Gasteiger partial charge on any atom is -0.478 e. The standard InChI is InChI=1S/C14H8F2N2O2/c15-8-4-5-12(10(16)6-8)18-7-17-11-3-1-2-9(13(11)18)14(19)20/h1-7H,(H,19,20). The highest BCUT2D eigenvalue weighted by molar-refractivity contribution is 6.01. The molecule has 0 fully saturated rings. The van der Waals surface area contributed by atoms with Gasteiger partial charge in [-0.1, -0.05) is 6.07 Å². The van der Waals surface area contributed by atoms with E-state index >= 15 is 0 Å². The van der Waals surface area contributed by atoms with E-state index in [1.807, 2.05) is 0 Å². The van der Waals surface area contributed by atoms with Crippen molar-refractivity contribution < 1.29 is 18.7 Å². The lowest BCUT2D eigenvalue weighted by Gasteiger charge is -2.07. The van der Waals surface area contributed by atoms with Crippen LogP contribution in [-0.4, -0.2) is 20.6 Å². The maximum absolute atomic E-state index is 13.8. The number of imidazole rings is 1. The molecule has 0 aliphatic carbocycles. The molecule has 0 unspecified atom stereocenters. The summed E-state index contributed by atoms with van der Waals surface area (Å²) in [6, 6.07) is 7.68. The lowest BCUT2D eigenvalue weighted by Crippen LogP contribution is -2.03. The number of aromatic nitrogens is 2. The van der Waals surface area contributed by atoms with E-state index in [9.17, 15) is 18.7 Å². The van der Waals surface area contributed by atoms with Crippen LogP contribution in [0.25, 0.3) is 16.7 Å². The summed E-state index contributed by atoms with van der Waals surface area (Å²) in [6.07, 6.45) is 1.31. The van der Waals surface area contributed by atoms with Crippen molar-refractivity contribution in [3.8, 4) is 5.69 Å². The molecule has 0 spiro atoms. The molecule has 0 atom stereocenters. The fraction of sp³-hybridized carbons (Fsp3) is 0. The van der Waals surface area contributed by atoms with Crippen LogP contribution >= 0.6 is 0 Å². The van der Waals surface area contributed by atoms with Gasteiger partial charge in [0.25, 0.3) is 0 Å². The Balaban J connectivity index is 2.34. The minimum atomic E-state index is -1.14. The maximum atomic E-state index is 13.8. The molecule has 20 heavy (non-hydrogen) atoms. The Hall–Kier alpha value is -2.76. The van der Waals surface area contributed by atoms with Gasteiger partial charge in [-0.15, -0.1) is 0 Å². The van der Waals surface area contributed by atoms with Gasteiger partial charge in [0.2, 0.25) is 0 Å². The van der Waals surface area contributed by atoms with Crippen molar-refractivity contribution in [2.75, 3.05) is 0 Å². The molecule has 0 radical (unpaired) electrons. The summed E-state index contributed by atoms with van der Waals surface area (Å²) < 4.78 is 28.1.